The van der Waals surface area contributed by atoms with Gasteiger partial charge in [0.15, 0.2) is 5.96 Å². The smallest absolute Gasteiger partial charge is 0.191 e. The van der Waals surface area contributed by atoms with E-state index in [1.165, 1.54) is 19.3 Å². The van der Waals surface area contributed by atoms with Crippen LogP contribution in [0.5, 0.6) is 0 Å². The third-order valence-electron chi connectivity index (χ3n) is 5.40. The highest BCUT2D eigenvalue weighted by Gasteiger charge is 2.36. The molecule has 144 valence electrons. The first-order chi connectivity index (χ1) is 12.2. The van der Waals surface area contributed by atoms with Gasteiger partial charge < -0.3 is 19.9 Å². The second kappa shape index (κ2) is 9.55. The lowest BCUT2D eigenvalue weighted by Gasteiger charge is -2.42. The first kappa shape index (κ1) is 21.0. The number of fused-ring (bicyclic) bond motifs is 1. The van der Waals surface area contributed by atoms with Crippen LogP contribution in [-0.2, 0) is 18.3 Å². The molecule has 3 rings (SSSR count). The Morgan fingerprint density at radius 3 is 2.69 bits per heavy atom. The van der Waals surface area contributed by atoms with Crippen molar-refractivity contribution in [2.45, 2.75) is 32.2 Å². The minimum absolute atomic E-state index is 0. The first-order valence-electron chi connectivity index (χ1n) is 9.01. The number of benzene rings is 1. The minimum atomic E-state index is 0. The number of imidazole rings is 1. The van der Waals surface area contributed by atoms with Gasteiger partial charge in [-0.3, -0.25) is 4.99 Å². The van der Waals surface area contributed by atoms with Crippen molar-refractivity contribution in [3.05, 3.63) is 30.1 Å². The maximum Gasteiger partial charge on any atom is 0.191 e. The van der Waals surface area contributed by atoms with Crippen LogP contribution >= 0.6 is 24.0 Å². The number of nitrogens with zero attached hydrogens (tertiary/aromatic N) is 3. The van der Waals surface area contributed by atoms with E-state index in [-0.39, 0.29) is 24.0 Å². The molecule has 0 saturated heterocycles. The zero-order chi connectivity index (χ0) is 17.7. The van der Waals surface area contributed by atoms with Gasteiger partial charge >= 0.3 is 0 Å². The summed E-state index contributed by atoms with van der Waals surface area (Å²) in [6.45, 7) is 2.42. The van der Waals surface area contributed by atoms with Gasteiger partial charge in [-0.15, -0.1) is 24.0 Å². The topological polar surface area (TPSA) is 63.5 Å². The molecule has 6 nitrogen and oxygen atoms in total. The van der Waals surface area contributed by atoms with E-state index in [4.69, 9.17) is 9.72 Å². The molecule has 1 heterocycles. The van der Waals surface area contributed by atoms with Gasteiger partial charge in [0, 0.05) is 34.4 Å². The van der Waals surface area contributed by atoms with E-state index in [1.54, 1.807) is 7.11 Å². The van der Waals surface area contributed by atoms with Crippen molar-refractivity contribution in [1.82, 2.24) is 20.2 Å². The average Bonchev–Trinajstić information content (AvgIpc) is 2.92. The van der Waals surface area contributed by atoms with E-state index in [0.29, 0.717) is 12.0 Å². The lowest BCUT2D eigenvalue weighted by atomic mass is 9.67. The van der Waals surface area contributed by atoms with Crippen molar-refractivity contribution in [1.29, 1.82) is 0 Å². The van der Waals surface area contributed by atoms with Gasteiger partial charge in [0.2, 0.25) is 0 Å². The van der Waals surface area contributed by atoms with Gasteiger partial charge in [-0.2, -0.15) is 0 Å². The van der Waals surface area contributed by atoms with Gasteiger partial charge in [0.25, 0.3) is 0 Å². The number of para-hydroxylation sites is 2. The normalized spacial score (nSPS) is 16.0. The fraction of sp³-hybridized carbons (Fsp3) is 0.579. The van der Waals surface area contributed by atoms with Gasteiger partial charge in [-0.25, -0.2) is 4.98 Å². The zero-order valence-corrected chi connectivity index (χ0v) is 18.2. The number of nitrogens with one attached hydrogen (secondary N) is 2. The highest BCUT2D eigenvalue weighted by molar-refractivity contribution is 14.0. The number of halogens is 1. The Kier molecular flexibility index (Phi) is 7.69. The number of methoxy groups -OCH3 is 1. The second-order valence-electron chi connectivity index (χ2n) is 6.95. The number of aromatic nitrogens is 2. The molecule has 26 heavy (non-hydrogen) atoms. The monoisotopic (exact) mass is 471 g/mol. The Bertz CT molecular complexity index is 739. The Morgan fingerprint density at radius 1 is 1.31 bits per heavy atom. The van der Waals surface area contributed by atoms with Crippen LogP contribution in [0.15, 0.2) is 29.3 Å². The Hall–Kier alpha value is -1.35. The highest BCUT2D eigenvalue weighted by Crippen LogP contribution is 2.43. The molecular formula is C19H30IN5O. The van der Waals surface area contributed by atoms with E-state index < -0.39 is 0 Å². The van der Waals surface area contributed by atoms with Crippen molar-refractivity contribution < 1.29 is 4.74 Å². The standard InChI is InChI=1S/C19H29N5O.HI/c1-20-18(22-14-19(9-6-10-19)11-12-25-3)21-13-17-23-15-7-4-5-8-16(15)24(17)2;/h4-5,7-8H,6,9-14H2,1-3H3,(H2,20,21,22);1H. The molecule has 2 N–H and O–H groups in total. The summed E-state index contributed by atoms with van der Waals surface area (Å²) in [5.41, 5.74) is 2.54. The average molecular weight is 471 g/mol. The molecule has 2 aromatic rings. The van der Waals surface area contributed by atoms with Crippen LogP contribution in [-0.4, -0.2) is 42.8 Å². The molecule has 1 aliphatic rings. The Morgan fingerprint density at radius 2 is 2.08 bits per heavy atom. The summed E-state index contributed by atoms with van der Waals surface area (Å²) in [7, 11) is 5.64. The summed E-state index contributed by atoms with van der Waals surface area (Å²) in [5.74, 6) is 1.83. The van der Waals surface area contributed by atoms with Crippen LogP contribution in [0.2, 0.25) is 0 Å². The molecule has 1 aromatic heterocycles. The largest absolute Gasteiger partial charge is 0.385 e. The van der Waals surface area contributed by atoms with Gasteiger partial charge in [0.1, 0.15) is 5.82 Å². The molecule has 1 aliphatic carbocycles. The number of aryl methyl sites for hydroxylation is 1. The molecule has 0 atom stereocenters. The van der Waals surface area contributed by atoms with Gasteiger partial charge in [-0.1, -0.05) is 18.6 Å². The molecular weight excluding hydrogens is 441 g/mol. The summed E-state index contributed by atoms with van der Waals surface area (Å²) in [6, 6.07) is 8.20. The second-order valence-corrected chi connectivity index (χ2v) is 6.95. The summed E-state index contributed by atoms with van der Waals surface area (Å²) in [4.78, 5) is 9.05. The number of guanidine groups is 1. The van der Waals surface area contributed by atoms with Crippen molar-refractivity contribution in [2.75, 3.05) is 27.3 Å². The quantitative estimate of drug-likeness (QED) is 0.370. The maximum atomic E-state index is 5.27. The van der Waals surface area contributed by atoms with E-state index in [0.717, 1.165) is 42.4 Å². The maximum absolute atomic E-state index is 5.27. The van der Waals surface area contributed by atoms with Crippen molar-refractivity contribution in [3.63, 3.8) is 0 Å². The molecule has 7 heteroatoms. The van der Waals surface area contributed by atoms with Gasteiger partial charge in [0.05, 0.1) is 17.6 Å². The van der Waals surface area contributed by atoms with Crippen LogP contribution < -0.4 is 10.6 Å². The van der Waals surface area contributed by atoms with E-state index >= 15 is 0 Å². The molecule has 0 bridgehead atoms. The number of hydrogen-bond donors (Lipinski definition) is 2. The molecule has 1 aromatic carbocycles. The Balaban J connectivity index is 0.00000243. The third kappa shape index (κ3) is 4.68. The molecule has 0 unspecified atom stereocenters. The fourth-order valence-electron chi connectivity index (χ4n) is 3.52. The number of hydrogen-bond acceptors (Lipinski definition) is 3. The van der Waals surface area contributed by atoms with Crippen LogP contribution in [0.25, 0.3) is 11.0 Å². The fourth-order valence-corrected chi connectivity index (χ4v) is 3.52. The lowest BCUT2D eigenvalue weighted by Crippen LogP contribution is -2.46. The van der Waals surface area contributed by atoms with Gasteiger partial charge in [-0.05, 0) is 36.8 Å². The minimum Gasteiger partial charge on any atom is -0.385 e. The van der Waals surface area contributed by atoms with Crippen molar-refractivity contribution in [2.24, 2.45) is 17.5 Å². The van der Waals surface area contributed by atoms with E-state index in [9.17, 15) is 0 Å². The zero-order valence-electron chi connectivity index (χ0n) is 15.9. The molecule has 1 fully saturated rings. The molecule has 0 amide bonds. The summed E-state index contributed by atoms with van der Waals surface area (Å²) < 4.78 is 7.40. The van der Waals surface area contributed by atoms with Crippen LogP contribution in [0.1, 0.15) is 31.5 Å². The van der Waals surface area contributed by atoms with E-state index in [2.05, 4.69) is 33.3 Å². The van der Waals surface area contributed by atoms with Crippen LogP contribution in [0, 0.1) is 5.41 Å². The van der Waals surface area contributed by atoms with Crippen molar-refractivity contribution in [3.8, 4) is 0 Å². The van der Waals surface area contributed by atoms with Crippen molar-refractivity contribution >= 4 is 41.0 Å². The summed E-state index contributed by atoms with van der Waals surface area (Å²) >= 11 is 0. The summed E-state index contributed by atoms with van der Waals surface area (Å²) in [6.07, 6.45) is 4.96. The SMILES string of the molecule is CN=C(NCc1nc2ccccc2n1C)NCC1(CCOC)CCC1.I. The predicted octanol–water partition coefficient (Wildman–Crippen LogP) is 3.06. The number of ether oxygens (including phenoxy) is 1. The molecule has 0 spiro atoms. The first-order valence-corrected chi connectivity index (χ1v) is 9.01. The number of aliphatic imine (C=N–C) groups is 1. The third-order valence-corrected chi connectivity index (χ3v) is 5.40. The molecule has 0 aliphatic heterocycles. The highest BCUT2D eigenvalue weighted by atomic mass is 127. The predicted molar refractivity (Wildman–Crippen MR) is 117 cm³/mol. The Labute approximate surface area is 172 Å². The van der Waals surface area contributed by atoms with E-state index in [1.807, 2.05) is 25.2 Å². The summed E-state index contributed by atoms with van der Waals surface area (Å²) in [5, 5.41) is 6.88. The number of rotatable bonds is 7. The molecule has 1 saturated carbocycles. The van der Waals surface area contributed by atoms with Crippen LogP contribution in [0.3, 0.4) is 0 Å². The lowest BCUT2D eigenvalue weighted by molar-refractivity contribution is 0.0732. The molecule has 0 radical (unpaired) electrons. The van der Waals surface area contributed by atoms with Crippen LogP contribution in [0.4, 0.5) is 0 Å².